The van der Waals surface area contributed by atoms with Gasteiger partial charge in [0.25, 0.3) is 5.91 Å². The summed E-state index contributed by atoms with van der Waals surface area (Å²) < 4.78 is 22.0. The molecule has 0 saturated heterocycles. The Hall–Kier alpha value is -3.68. The van der Waals surface area contributed by atoms with Crippen LogP contribution in [0, 0.1) is 5.82 Å². The van der Waals surface area contributed by atoms with E-state index in [-0.39, 0.29) is 29.6 Å². The number of halogens is 1. The van der Waals surface area contributed by atoms with E-state index in [1.54, 1.807) is 28.3 Å². The van der Waals surface area contributed by atoms with Crippen LogP contribution in [-0.4, -0.2) is 62.1 Å². The van der Waals surface area contributed by atoms with Crippen molar-refractivity contribution in [1.29, 1.82) is 0 Å². The standard InChI is InChI=1S/C30H37FN4O3/c1-19(2)35(20(3)4)28(36)24-15-22(31)10-11-26(24)34-18-25(23-12-13-32-16-27(23)34)21-9-8-14-33(17-21)29(37)38-30(5,6)7/h9-13,15-16,18-20H,8,14,17H2,1-7H3. The average molecular weight is 521 g/mol. The van der Waals surface area contributed by atoms with Crippen molar-refractivity contribution in [3.63, 3.8) is 0 Å². The Kier molecular flexibility index (Phi) is 7.63. The number of carbonyl (C=O) groups excluding carboxylic acids is 2. The van der Waals surface area contributed by atoms with Crippen molar-refractivity contribution in [3.05, 3.63) is 65.9 Å². The molecule has 0 spiro atoms. The van der Waals surface area contributed by atoms with Gasteiger partial charge in [0.15, 0.2) is 0 Å². The van der Waals surface area contributed by atoms with E-state index in [4.69, 9.17) is 4.74 Å². The highest BCUT2D eigenvalue weighted by molar-refractivity contribution is 6.00. The predicted molar refractivity (Wildman–Crippen MR) is 148 cm³/mol. The minimum Gasteiger partial charge on any atom is -0.444 e. The lowest BCUT2D eigenvalue weighted by molar-refractivity contribution is 0.0273. The summed E-state index contributed by atoms with van der Waals surface area (Å²) in [4.78, 5) is 34.3. The van der Waals surface area contributed by atoms with Crippen LogP contribution in [-0.2, 0) is 4.74 Å². The Labute approximate surface area is 223 Å². The molecule has 1 aliphatic heterocycles. The van der Waals surface area contributed by atoms with Crippen molar-refractivity contribution < 1.29 is 18.7 Å². The van der Waals surface area contributed by atoms with Crippen LogP contribution in [0.25, 0.3) is 22.2 Å². The summed E-state index contributed by atoms with van der Waals surface area (Å²) in [5.41, 5.74) is 2.99. The zero-order valence-corrected chi connectivity index (χ0v) is 23.3. The van der Waals surface area contributed by atoms with Crippen LogP contribution in [0.5, 0.6) is 0 Å². The molecule has 3 heterocycles. The van der Waals surface area contributed by atoms with E-state index in [2.05, 4.69) is 11.1 Å². The first-order chi connectivity index (χ1) is 17.9. The number of hydrogen-bond acceptors (Lipinski definition) is 4. The second kappa shape index (κ2) is 10.6. The molecule has 38 heavy (non-hydrogen) atoms. The zero-order valence-electron chi connectivity index (χ0n) is 23.3. The van der Waals surface area contributed by atoms with Crippen LogP contribution in [0.1, 0.15) is 70.8 Å². The van der Waals surface area contributed by atoms with Gasteiger partial charge in [0, 0.05) is 48.5 Å². The predicted octanol–water partition coefficient (Wildman–Crippen LogP) is 6.45. The molecule has 202 valence electrons. The number of carbonyl (C=O) groups is 2. The van der Waals surface area contributed by atoms with Gasteiger partial charge in [0.1, 0.15) is 11.4 Å². The molecule has 8 heteroatoms. The molecule has 2 aromatic heterocycles. The Balaban J connectivity index is 1.80. The SMILES string of the molecule is CC(C)N(C(=O)c1cc(F)ccc1-n1cc(C2=CCCN(C(=O)OC(C)(C)C)C2)c2ccncc21)C(C)C. The minimum absolute atomic E-state index is 0.0523. The quantitative estimate of drug-likeness (QED) is 0.388. The van der Waals surface area contributed by atoms with Crippen LogP contribution in [0.4, 0.5) is 9.18 Å². The zero-order chi connectivity index (χ0) is 27.8. The van der Waals surface area contributed by atoms with Crippen LogP contribution in [0.2, 0.25) is 0 Å². The molecule has 1 aliphatic rings. The highest BCUT2D eigenvalue weighted by atomic mass is 19.1. The van der Waals surface area contributed by atoms with Crippen LogP contribution in [0.15, 0.2) is 48.9 Å². The Bertz CT molecular complexity index is 1380. The number of fused-ring (bicyclic) bond motifs is 1. The third-order valence-electron chi connectivity index (χ3n) is 6.55. The number of hydrogen-bond donors (Lipinski definition) is 0. The van der Waals surface area contributed by atoms with Crippen LogP contribution in [0.3, 0.4) is 0 Å². The van der Waals surface area contributed by atoms with Crippen LogP contribution >= 0.6 is 0 Å². The van der Waals surface area contributed by atoms with Crippen molar-refractivity contribution >= 4 is 28.5 Å². The molecule has 0 aliphatic carbocycles. The number of pyridine rings is 1. The summed E-state index contributed by atoms with van der Waals surface area (Å²) in [6, 6.07) is 6.13. The lowest BCUT2D eigenvalue weighted by Crippen LogP contribution is -2.42. The van der Waals surface area contributed by atoms with E-state index in [9.17, 15) is 14.0 Å². The minimum atomic E-state index is -0.578. The van der Waals surface area contributed by atoms with Gasteiger partial charge in [-0.1, -0.05) is 6.08 Å². The fraction of sp³-hybridized carbons (Fsp3) is 0.433. The van der Waals surface area contributed by atoms with Gasteiger partial charge in [-0.05, 0) is 84.7 Å². The van der Waals surface area contributed by atoms with Gasteiger partial charge in [-0.2, -0.15) is 0 Å². The van der Waals surface area contributed by atoms with E-state index >= 15 is 0 Å². The van der Waals surface area contributed by atoms with E-state index in [1.807, 2.05) is 65.3 Å². The first kappa shape index (κ1) is 27.4. The summed E-state index contributed by atoms with van der Waals surface area (Å²) in [5.74, 6) is -0.702. The molecule has 1 aromatic carbocycles. The van der Waals surface area contributed by atoms with E-state index in [0.717, 1.165) is 22.0 Å². The third-order valence-corrected chi connectivity index (χ3v) is 6.55. The molecule has 7 nitrogen and oxygen atoms in total. The van der Waals surface area contributed by atoms with Crippen molar-refractivity contribution in [1.82, 2.24) is 19.4 Å². The summed E-state index contributed by atoms with van der Waals surface area (Å²) in [6.07, 6.45) is 7.91. The molecule has 0 unspecified atom stereocenters. The van der Waals surface area contributed by atoms with Crippen molar-refractivity contribution in [3.8, 4) is 5.69 Å². The van der Waals surface area contributed by atoms with Gasteiger partial charge in [0.2, 0.25) is 0 Å². The summed E-state index contributed by atoms with van der Waals surface area (Å²) in [7, 11) is 0. The Morgan fingerprint density at radius 2 is 1.82 bits per heavy atom. The van der Waals surface area contributed by atoms with Crippen molar-refractivity contribution in [2.45, 2.75) is 72.6 Å². The lowest BCUT2D eigenvalue weighted by atomic mass is 10.0. The highest BCUT2D eigenvalue weighted by Gasteiger charge is 2.28. The molecule has 3 aromatic rings. The molecule has 0 fully saturated rings. The molecule has 4 rings (SSSR count). The normalized spacial score (nSPS) is 14.3. The summed E-state index contributed by atoms with van der Waals surface area (Å²) >= 11 is 0. The number of aromatic nitrogens is 2. The molecule has 0 N–H and O–H groups in total. The first-order valence-electron chi connectivity index (χ1n) is 13.1. The largest absolute Gasteiger partial charge is 0.444 e. The molecule has 0 bridgehead atoms. The highest BCUT2D eigenvalue weighted by Crippen LogP contribution is 2.33. The summed E-state index contributed by atoms with van der Waals surface area (Å²) in [6.45, 7) is 14.4. The summed E-state index contributed by atoms with van der Waals surface area (Å²) in [5, 5.41) is 0.935. The van der Waals surface area contributed by atoms with Crippen LogP contribution < -0.4 is 0 Å². The average Bonchev–Trinajstić information content (AvgIpc) is 3.22. The van der Waals surface area contributed by atoms with Gasteiger partial charge >= 0.3 is 6.09 Å². The van der Waals surface area contributed by atoms with E-state index < -0.39 is 11.4 Å². The second-order valence-electron chi connectivity index (χ2n) is 11.3. The molecule has 0 radical (unpaired) electrons. The number of amides is 2. The number of rotatable bonds is 5. The lowest BCUT2D eigenvalue weighted by Gasteiger charge is -2.31. The molecular formula is C30H37FN4O3. The first-order valence-corrected chi connectivity index (χ1v) is 13.1. The van der Waals surface area contributed by atoms with Gasteiger partial charge in [-0.15, -0.1) is 0 Å². The van der Waals surface area contributed by atoms with E-state index in [0.29, 0.717) is 25.2 Å². The maximum absolute atomic E-state index is 14.5. The topological polar surface area (TPSA) is 67.7 Å². The van der Waals surface area contributed by atoms with Gasteiger partial charge in [-0.3, -0.25) is 9.78 Å². The fourth-order valence-electron chi connectivity index (χ4n) is 5.04. The fourth-order valence-corrected chi connectivity index (χ4v) is 5.04. The number of ether oxygens (including phenoxy) is 1. The number of benzene rings is 1. The molecule has 0 saturated carbocycles. The smallest absolute Gasteiger partial charge is 0.410 e. The Morgan fingerprint density at radius 1 is 1.11 bits per heavy atom. The van der Waals surface area contributed by atoms with Gasteiger partial charge < -0.3 is 19.1 Å². The van der Waals surface area contributed by atoms with Crippen molar-refractivity contribution in [2.75, 3.05) is 13.1 Å². The maximum Gasteiger partial charge on any atom is 0.410 e. The maximum atomic E-state index is 14.5. The Morgan fingerprint density at radius 3 is 2.47 bits per heavy atom. The molecule has 0 atom stereocenters. The van der Waals surface area contributed by atoms with Gasteiger partial charge in [-0.25, -0.2) is 9.18 Å². The number of nitrogens with zero attached hydrogens (tertiary/aromatic N) is 4. The monoisotopic (exact) mass is 520 g/mol. The molecule has 2 amide bonds. The second-order valence-corrected chi connectivity index (χ2v) is 11.3. The van der Waals surface area contributed by atoms with Crippen molar-refractivity contribution in [2.24, 2.45) is 0 Å². The third kappa shape index (κ3) is 5.59. The molecular weight excluding hydrogens is 483 g/mol. The van der Waals surface area contributed by atoms with E-state index in [1.165, 1.54) is 12.1 Å². The van der Waals surface area contributed by atoms with Gasteiger partial charge in [0.05, 0.1) is 23.0 Å².